The maximum absolute atomic E-state index is 12.6. The van der Waals surface area contributed by atoms with Crippen molar-refractivity contribution in [1.82, 2.24) is 20.0 Å². The van der Waals surface area contributed by atoms with E-state index in [1.165, 1.54) is 0 Å². The predicted molar refractivity (Wildman–Crippen MR) is 77.3 cm³/mol. The fraction of sp³-hybridized carbons (Fsp3) is 0.714. The topological polar surface area (TPSA) is 59.4 Å². The van der Waals surface area contributed by atoms with E-state index in [4.69, 9.17) is 4.74 Å². The summed E-state index contributed by atoms with van der Waals surface area (Å²) in [6, 6.07) is 0. The summed E-state index contributed by atoms with van der Waals surface area (Å²) in [5.41, 5.74) is 0.603. The molecule has 0 unspecified atom stereocenters. The third kappa shape index (κ3) is 3.58. The van der Waals surface area contributed by atoms with Crippen LogP contribution in [0.5, 0.6) is 5.75 Å². The fourth-order valence-corrected chi connectivity index (χ4v) is 2.52. The van der Waals surface area contributed by atoms with E-state index in [-0.39, 0.29) is 5.78 Å². The summed E-state index contributed by atoms with van der Waals surface area (Å²) >= 11 is 0. The third-order valence-corrected chi connectivity index (χ3v) is 3.53. The van der Waals surface area contributed by atoms with Crippen LogP contribution in [-0.4, -0.2) is 60.3 Å². The lowest BCUT2D eigenvalue weighted by molar-refractivity contribution is 0.0921. The number of Topliss-reactive ketones (excluding diaryl/α,β-unsaturated/α-hetero) is 1. The summed E-state index contributed by atoms with van der Waals surface area (Å²) in [4.78, 5) is 14.8. The zero-order valence-corrected chi connectivity index (χ0v) is 12.4. The van der Waals surface area contributed by atoms with Crippen molar-refractivity contribution in [3.05, 3.63) is 11.9 Å². The van der Waals surface area contributed by atoms with Crippen LogP contribution in [0.15, 0.2) is 6.20 Å². The molecule has 20 heavy (non-hydrogen) atoms. The number of carbonyl (C=O) groups excluding carboxylic acids is 1. The van der Waals surface area contributed by atoms with Gasteiger partial charge in [-0.05, 0) is 25.9 Å². The maximum atomic E-state index is 12.6. The molecular formula is C14H24N4O2. The Hall–Kier alpha value is -1.40. The van der Waals surface area contributed by atoms with Crippen LogP contribution in [0.25, 0.3) is 0 Å². The van der Waals surface area contributed by atoms with Gasteiger partial charge in [0.1, 0.15) is 5.69 Å². The van der Waals surface area contributed by atoms with Gasteiger partial charge in [0.2, 0.25) is 0 Å². The largest absolute Gasteiger partial charge is 0.493 e. The molecule has 0 spiro atoms. The van der Waals surface area contributed by atoms with Crippen LogP contribution >= 0.6 is 0 Å². The second-order valence-electron chi connectivity index (χ2n) is 5.09. The molecule has 1 N–H and O–H groups in total. The number of aromatic nitrogens is 2. The van der Waals surface area contributed by atoms with Crippen LogP contribution in [0.4, 0.5) is 0 Å². The normalized spacial score (nSPS) is 16.9. The van der Waals surface area contributed by atoms with E-state index < -0.39 is 0 Å². The van der Waals surface area contributed by atoms with Crippen LogP contribution in [0.2, 0.25) is 0 Å². The zero-order chi connectivity index (χ0) is 14.4. The van der Waals surface area contributed by atoms with Gasteiger partial charge in [0.15, 0.2) is 11.5 Å². The highest BCUT2D eigenvalue weighted by molar-refractivity contribution is 5.98. The first kappa shape index (κ1) is 15.0. The molecule has 0 aromatic carbocycles. The molecule has 2 heterocycles. The molecule has 1 aromatic heterocycles. The molecule has 1 aliphatic heterocycles. The van der Waals surface area contributed by atoms with Crippen LogP contribution in [0, 0.1) is 0 Å². The zero-order valence-electron chi connectivity index (χ0n) is 12.4. The van der Waals surface area contributed by atoms with Gasteiger partial charge in [-0.15, -0.1) is 0 Å². The molecular weight excluding hydrogens is 256 g/mol. The average molecular weight is 280 g/mol. The van der Waals surface area contributed by atoms with Crippen LogP contribution in [-0.2, 0) is 6.54 Å². The highest BCUT2D eigenvalue weighted by Gasteiger charge is 2.21. The van der Waals surface area contributed by atoms with E-state index in [1.54, 1.807) is 18.0 Å². The Bertz CT molecular complexity index is 436. The lowest BCUT2D eigenvalue weighted by Gasteiger charge is -2.18. The van der Waals surface area contributed by atoms with Crippen LogP contribution in [0.3, 0.4) is 0 Å². The number of hydrogen-bond acceptors (Lipinski definition) is 5. The van der Waals surface area contributed by atoms with Crippen LogP contribution in [0.1, 0.15) is 30.3 Å². The molecule has 0 atom stereocenters. The SMILES string of the molecule is CCCn1ncc(OC)c1C(=O)CN1CCCNCC1. The average Bonchev–Trinajstić information content (AvgIpc) is 2.67. The minimum Gasteiger partial charge on any atom is -0.493 e. The Morgan fingerprint density at radius 3 is 3.05 bits per heavy atom. The van der Waals surface area contributed by atoms with Gasteiger partial charge in [0.05, 0.1) is 19.9 Å². The number of aryl methyl sites for hydroxylation is 1. The summed E-state index contributed by atoms with van der Waals surface area (Å²) in [6.45, 7) is 7.10. The Kier molecular flexibility index (Phi) is 5.55. The summed E-state index contributed by atoms with van der Waals surface area (Å²) in [5.74, 6) is 0.672. The van der Waals surface area contributed by atoms with Crippen molar-refractivity contribution in [2.45, 2.75) is 26.3 Å². The molecule has 0 aliphatic carbocycles. The molecule has 6 heteroatoms. The van der Waals surface area contributed by atoms with E-state index in [2.05, 4.69) is 22.2 Å². The highest BCUT2D eigenvalue weighted by atomic mass is 16.5. The number of rotatable bonds is 6. The van der Waals surface area contributed by atoms with Gasteiger partial charge in [-0.2, -0.15) is 5.10 Å². The van der Waals surface area contributed by atoms with Crippen LogP contribution < -0.4 is 10.1 Å². The molecule has 1 saturated heterocycles. The Morgan fingerprint density at radius 2 is 2.30 bits per heavy atom. The van der Waals surface area contributed by atoms with Gasteiger partial charge in [0.25, 0.3) is 0 Å². The second kappa shape index (κ2) is 7.40. The molecule has 0 radical (unpaired) electrons. The van der Waals surface area contributed by atoms with Crippen molar-refractivity contribution in [2.75, 3.05) is 39.8 Å². The highest BCUT2D eigenvalue weighted by Crippen LogP contribution is 2.19. The molecule has 0 bridgehead atoms. The van der Waals surface area contributed by atoms with E-state index in [1.807, 2.05) is 0 Å². The molecule has 1 aliphatic rings. The molecule has 1 fully saturated rings. The van der Waals surface area contributed by atoms with Gasteiger partial charge in [-0.25, -0.2) is 0 Å². The monoisotopic (exact) mass is 280 g/mol. The number of ether oxygens (including phenoxy) is 1. The Morgan fingerprint density at radius 1 is 1.45 bits per heavy atom. The first-order valence-corrected chi connectivity index (χ1v) is 7.32. The molecule has 0 amide bonds. The van der Waals surface area contributed by atoms with Gasteiger partial charge in [0, 0.05) is 19.6 Å². The summed E-state index contributed by atoms with van der Waals surface area (Å²) in [6.07, 6.45) is 3.66. The van der Waals surface area contributed by atoms with Gasteiger partial charge < -0.3 is 10.1 Å². The number of hydrogen-bond donors (Lipinski definition) is 1. The lowest BCUT2D eigenvalue weighted by atomic mass is 10.2. The smallest absolute Gasteiger partial charge is 0.198 e. The van der Waals surface area contributed by atoms with Crippen molar-refractivity contribution in [2.24, 2.45) is 0 Å². The van der Waals surface area contributed by atoms with Crippen molar-refractivity contribution in [1.29, 1.82) is 0 Å². The first-order valence-electron chi connectivity index (χ1n) is 7.32. The molecule has 1 aromatic rings. The van der Waals surface area contributed by atoms with E-state index in [0.29, 0.717) is 18.0 Å². The predicted octanol–water partition coefficient (Wildman–Crippen LogP) is 0.780. The molecule has 0 saturated carbocycles. The molecule has 112 valence electrons. The van der Waals surface area contributed by atoms with E-state index >= 15 is 0 Å². The van der Waals surface area contributed by atoms with Crippen molar-refractivity contribution < 1.29 is 9.53 Å². The van der Waals surface area contributed by atoms with Gasteiger partial charge in [-0.1, -0.05) is 6.92 Å². The summed E-state index contributed by atoms with van der Waals surface area (Å²) < 4.78 is 7.03. The second-order valence-corrected chi connectivity index (χ2v) is 5.09. The molecule has 6 nitrogen and oxygen atoms in total. The minimum atomic E-state index is 0.0923. The van der Waals surface area contributed by atoms with Crippen molar-refractivity contribution >= 4 is 5.78 Å². The third-order valence-electron chi connectivity index (χ3n) is 3.53. The molecule has 2 rings (SSSR count). The standard InChI is InChI=1S/C14H24N4O2/c1-3-7-18-14(13(20-2)10-16-18)12(19)11-17-8-4-5-15-6-9-17/h10,15H,3-9,11H2,1-2H3. The summed E-state index contributed by atoms with van der Waals surface area (Å²) in [5, 5.41) is 7.59. The first-order chi connectivity index (χ1) is 9.76. The van der Waals surface area contributed by atoms with E-state index in [9.17, 15) is 4.79 Å². The quantitative estimate of drug-likeness (QED) is 0.780. The van der Waals surface area contributed by atoms with Gasteiger partial charge in [-0.3, -0.25) is 14.4 Å². The maximum Gasteiger partial charge on any atom is 0.198 e. The van der Waals surface area contributed by atoms with Crippen molar-refractivity contribution in [3.63, 3.8) is 0 Å². The lowest BCUT2D eigenvalue weighted by Crippen LogP contribution is -2.34. The Labute approximate surface area is 120 Å². The summed E-state index contributed by atoms with van der Waals surface area (Å²) in [7, 11) is 1.58. The number of ketones is 1. The van der Waals surface area contributed by atoms with Gasteiger partial charge >= 0.3 is 0 Å². The Balaban J connectivity index is 2.08. The number of nitrogens with zero attached hydrogens (tertiary/aromatic N) is 3. The van der Waals surface area contributed by atoms with Crippen molar-refractivity contribution in [3.8, 4) is 5.75 Å². The fourth-order valence-electron chi connectivity index (χ4n) is 2.52. The number of carbonyl (C=O) groups is 1. The minimum absolute atomic E-state index is 0.0923. The number of nitrogens with one attached hydrogen (secondary N) is 1. The number of methoxy groups -OCH3 is 1. The van der Waals surface area contributed by atoms with E-state index in [0.717, 1.165) is 45.6 Å².